The Morgan fingerprint density at radius 3 is 2.75 bits per heavy atom. The maximum Gasteiger partial charge on any atom is 0.124 e. The molecule has 2 heterocycles. The Morgan fingerprint density at radius 1 is 1.06 bits per heavy atom. The summed E-state index contributed by atoms with van der Waals surface area (Å²) in [5.74, 6) is 0.544. The molecule has 4 heteroatoms. The predicted molar refractivity (Wildman–Crippen MR) is 67.3 cm³/mol. The van der Waals surface area contributed by atoms with E-state index in [1.165, 1.54) is 11.5 Å². The van der Waals surface area contributed by atoms with Gasteiger partial charge >= 0.3 is 0 Å². The molecule has 3 aromatic rings. The second-order valence-electron chi connectivity index (χ2n) is 3.53. The summed E-state index contributed by atoms with van der Waals surface area (Å²) in [6.07, 6.45) is 0. The zero-order chi connectivity index (χ0) is 11.0. The summed E-state index contributed by atoms with van der Waals surface area (Å²) < 4.78 is 4.30. The molecule has 0 unspecified atom stereocenters. The lowest BCUT2D eigenvalue weighted by Crippen LogP contribution is -1.89. The van der Waals surface area contributed by atoms with Crippen molar-refractivity contribution in [3.05, 3.63) is 41.8 Å². The van der Waals surface area contributed by atoms with Gasteiger partial charge in [-0.2, -0.15) is 4.37 Å². The van der Waals surface area contributed by atoms with Crippen molar-refractivity contribution in [3.63, 3.8) is 0 Å². The molecule has 2 aromatic heterocycles. The third-order valence-corrected chi connectivity index (χ3v) is 3.01. The number of fused-ring (bicyclic) bond motifs is 1. The minimum absolute atomic E-state index is 0.544. The van der Waals surface area contributed by atoms with Crippen LogP contribution in [0.5, 0.6) is 0 Å². The minimum atomic E-state index is 0.544. The number of hydrogen-bond donors (Lipinski definition) is 1. The summed E-state index contributed by atoms with van der Waals surface area (Å²) in [5, 5.41) is 3.06. The molecule has 0 aliphatic heterocycles. The van der Waals surface area contributed by atoms with E-state index in [0.717, 1.165) is 22.2 Å². The molecule has 1 aromatic carbocycles. The molecule has 0 aliphatic rings. The normalized spacial score (nSPS) is 10.8. The van der Waals surface area contributed by atoms with Gasteiger partial charge in [0.05, 0.1) is 11.2 Å². The van der Waals surface area contributed by atoms with E-state index in [1.807, 2.05) is 35.7 Å². The van der Waals surface area contributed by atoms with E-state index in [1.54, 1.807) is 0 Å². The van der Waals surface area contributed by atoms with Crippen LogP contribution in [-0.2, 0) is 0 Å². The average Bonchev–Trinajstić information content (AvgIpc) is 2.81. The van der Waals surface area contributed by atoms with Crippen LogP contribution in [0.3, 0.4) is 0 Å². The van der Waals surface area contributed by atoms with Crippen LogP contribution in [0.15, 0.2) is 41.8 Å². The van der Waals surface area contributed by atoms with Gasteiger partial charge in [-0.3, -0.25) is 0 Å². The summed E-state index contributed by atoms with van der Waals surface area (Å²) in [5.41, 5.74) is 8.63. The summed E-state index contributed by atoms with van der Waals surface area (Å²) in [7, 11) is 0. The van der Waals surface area contributed by atoms with Crippen molar-refractivity contribution >= 4 is 28.3 Å². The van der Waals surface area contributed by atoms with Crippen LogP contribution in [0.4, 0.5) is 5.82 Å². The van der Waals surface area contributed by atoms with E-state index < -0.39 is 0 Å². The topological polar surface area (TPSA) is 51.8 Å². The molecule has 0 radical (unpaired) electrons. The van der Waals surface area contributed by atoms with E-state index in [4.69, 9.17) is 5.73 Å². The van der Waals surface area contributed by atoms with Gasteiger partial charge in [0.15, 0.2) is 0 Å². The van der Waals surface area contributed by atoms with Crippen LogP contribution in [0, 0.1) is 0 Å². The van der Waals surface area contributed by atoms with Crippen molar-refractivity contribution in [2.45, 2.75) is 0 Å². The highest BCUT2D eigenvalue weighted by Gasteiger charge is 2.02. The van der Waals surface area contributed by atoms with Crippen LogP contribution in [-0.4, -0.2) is 9.36 Å². The second kappa shape index (κ2) is 3.57. The fourth-order valence-electron chi connectivity index (χ4n) is 1.65. The van der Waals surface area contributed by atoms with Crippen molar-refractivity contribution in [1.29, 1.82) is 0 Å². The lowest BCUT2D eigenvalue weighted by Gasteiger charge is -2.01. The molecule has 0 saturated heterocycles. The highest BCUT2D eigenvalue weighted by Crippen LogP contribution is 2.23. The van der Waals surface area contributed by atoms with E-state index in [2.05, 4.69) is 15.4 Å². The number of rotatable bonds is 1. The predicted octanol–water partition coefficient (Wildman–Crippen LogP) is 2.94. The molecule has 0 saturated carbocycles. The monoisotopic (exact) mass is 227 g/mol. The van der Waals surface area contributed by atoms with Gasteiger partial charge in [0.1, 0.15) is 5.82 Å². The van der Waals surface area contributed by atoms with Crippen molar-refractivity contribution in [1.82, 2.24) is 9.36 Å². The summed E-state index contributed by atoms with van der Waals surface area (Å²) in [6.45, 7) is 0. The van der Waals surface area contributed by atoms with Gasteiger partial charge in [0.25, 0.3) is 0 Å². The summed E-state index contributed by atoms with van der Waals surface area (Å²) >= 11 is 1.45. The van der Waals surface area contributed by atoms with Crippen LogP contribution < -0.4 is 5.73 Å². The molecule has 0 fully saturated rings. The Kier molecular flexibility index (Phi) is 2.08. The van der Waals surface area contributed by atoms with Gasteiger partial charge in [-0.05, 0) is 35.8 Å². The van der Waals surface area contributed by atoms with Gasteiger partial charge in [-0.15, -0.1) is 0 Å². The number of benzene rings is 1. The zero-order valence-electron chi connectivity index (χ0n) is 8.42. The fourth-order valence-corrected chi connectivity index (χ4v) is 2.18. The van der Waals surface area contributed by atoms with Crippen LogP contribution in [0.2, 0.25) is 0 Å². The van der Waals surface area contributed by atoms with Crippen molar-refractivity contribution in [3.8, 4) is 11.3 Å². The molecular weight excluding hydrogens is 218 g/mol. The average molecular weight is 227 g/mol. The number of nitrogens with two attached hydrogens (primary N) is 1. The van der Waals surface area contributed by atoms with Gasteiger partial charge in [-0.1, -0.05) is 12.1 Å². The third kappa shape index (κ3) is 1.53. The number of pyridine rings is 1. The lowest BCUT2D eigenvalue weighted by atomic mass is 10.1. The molecule has 3 rings (SSSR count). The Bertz CT molecular complexity index is 632. The first-order valence-electron chi connectivity index (χ1n) is 4.90. The molecule has 0 aliphatic carbocycles. The quantitative estimate of drug-likeness (QED) is 0.695. The molecule has 0 amide bonds. The Balaban J connectivity index is 2.22. The van der Waals surface area contributed by atoms with Crippen molar-refractivity contribution in [2.75, 3.05) is 5.73 Å². The Morgan fingerprint density at radius 2 is 1.94 bits per heavy atom. The molecule has 3 nitrogen and oxygen atoms in total. The summed E-state index contributed by atoms with van der Waals surface area (Å²) in [6, 6.07) is 11.9. The van der Waals surface area contributed by atoms with Gasteiger partial charge in [-0.25, -0.2) is 4.98 Å². The molecule has 16 heavy (non-hydrogen) atoms. The zero-order valence-corrected chi connectivity index (χ0v) is 9.24. The molecular formula is C12H9N3S. The van der Waals surface area contributed by atoms with E-state index >= 15 is 0 Å². The van der Waals surface area contributed by atoms with Crippen molar-refractivity contribution in [2.24, 2.45) is 0 Å². The molecule has 78 valence electrons. The molecule has 0 atom stereocenters. The van der Waals surface area contributed by atoms with E-state index in [-0.39, 0.29) is 0 Å². The highest BCUT2D eigenvalue weighted by molar-refractivity contribution is 7.03. The third-order valence-electron chi connectivity index (χ3n) is 2.45. The number of anilines is 1. The molecule has 2 N–H and O–H groups in total. The Labute approximate surface area is 96.7 Å². The minimum Gasteiger partial charge on any atom is -0.384 e. The van der Waals surface area contributed by atoms with Crippen molar-refractivity contribution < 1.29 is 0 Å². The first-order valence-corrected chi connectivity index (χ1v) is 5.74. The van der Waals surface area contributed by atoms with Gasteiger partial charge < -0.3 is 5.73 Å². The van der Waals surface area contributed by atoms with Gasteiger partial charge in [0, 0.05) is 16.3 Å². The number of hydrogen-bond acceptors (Lipinski definition) is 4. The van der Waals surface area contributed by atoms with Crippen LogP contribution in [0.1, 0.15) is 0 Å². The van der Waals surface area contributed by atoms with Gasteiger partial charge in [0.2, 0.25) is 0 Å². The smallest absolute Gasteiger partial charge is 0.124 e. The van der Waals surface area contributed by atoms with Crippen LogP contribution >= 0.6 is 11.5 Å². The second-order valence-corrected chi connectivity index (χ2v) is 4.19. The number of aromatic nitrogens is 2. The molecule has 0 bridgehead atoms. The standard InChI is InChI=1S/C12H9N3S/c13-12-4-3-8-1-2-9(7-11(8)14-12)10-5-6-16-15-10/h1-7H,(H2,13,14). The first kappa shape index (κ1) is 9.30. The Hall–Kier alpha value is -1.94. The van der Waals surface area contributed by atoms with E-state index in [0.29, 0.717) is 5.82 Å². The van der Waals surface area contributed by atoms with E-state index in [9.17, 15) is 0 Å². The maximum absolute atomic E-state index is 5.67. The van der Waals surface area contributed by atoms with Crippen LogP contribution in [0.25, 0.3) is 22.2 Å². The fraction of sp³-hybridized carbons (Fsp3) is 0. The summed E-state index contributed by atoms with van der Waals surface area (Å²) in [4.78, 5) is 4.30. The molecule has 0 spiro atoms. The number of nitrogens with zero attached hydrogens (tertiary/aromatic N) is 2. The maximum atomic E-state index is 5.67. The lowest BCUT2D eigenvalue weighted by molar-refractivity contribution is 1.41. The SMILES string of the molecule is Nc1ccc2ccc(-c3ccsn3)cc2n1. The largest absolute Gasteiger partial charge is 0.384 e. The number of nitrogen functional groups attached to an aromatic ring is 1. The highest BCUT2D eigenvalue weighted by atomic mass is 32.1. The first-order chi connectivity index (χ1) is 7.83.